The highest BCUT2D eigenvalue weighted by Crippen LogP contribution is 2.21. The van der Waals surface area contributed by atoms with E-state index in [2.05, 4.69) is 10.3 Å². The van der Waals surface area contributed by atoms with Gasteiger partial charge in [0.15, 0.2) is 0 Å². The average molecular weight is 259 g/mol. The normalized spacial score (nSPS) is 10.3. The first-order valence-corrected chi connectivity index (χ1v) is 6.35. The molecule has 1 N–H and O–H groups in total. The molecule has 0 aliphatic heterocycles. The number of anilines is 2. The van der Waals surface area contributed by atoms with Gasteiger partial charge < -0.3 is 10.2 Å². The van der Waals surface area contributed by atoms with Crippen molar-refractivity contribution in [1.29, 1.82) is 0 Å². The molecule has 19 heavy (non-hydrogen) atoms. The number of nitrogens with zero attached hydrogens (tertiary/aromatic N) is 2. The lowest BCUT2D eigenvalue weighted by Crippen LogP contribution is -2.19. The Bertz CT molecular complexity index is 542. The summed E-state index contributed by atoms with van der Waals surface area (Å²) in [6, 6.07) is 10.7. The molecule has 0 saturated carbocycles. The van der Waals surface area contributed by atoms with Crippen LogP contribution < -0.4 is 10.2 Å². The largest absolute Gasteiger partial charge is 0.370 e. The first-order valence-electron chi connectivity index (χ1n) is 6.35. The van der Waals surface area contributed by atoms with Gasteiger partial charge >= 0.3 is 0 Å². The lowest BCUT2D eigenvalue weighted by atomic mass is 10.2. The van der Waals surface area contributed by atoms with E-state index in [4.69, 9.17) is 0 Å². The van der Waals surface area contributed by atoms with Crippen LogP contribution in [0.3, 0.4) is 0 Å². The molecule has 0 radical (unpaired) electrons. The van der Waals surface area contributed by atoms with Gasteiger partial charge in [0.2, 0.25) is 0 Å². The van der Waals surface area contributed by atoms with Crippen LogP contribution in [0.25, 0.3) is 0 Å². The van der Waals surface area contributed by atoms with Gasteiger partial charge in [-0.25, -0.2) is 9.37 Å². The van der Waals surface area contributed by atoms with Crippen LogP contribution in [0.5, 0.6) is 0 Å². The summed E-state index contributed by atoms with van der Waals surface area (Å²) in [6.07, 6.45) is 1.75. The maximum atomic E-state index is 13.7. The third-order valence-electron chi connectivity index (χ3n) is 2.91. The van der Waals surface area contributed by atoms with Gasteiger partial charge in [0.1, 0.15) is 11.6 Å². The molecular weight excluding hydrogens is 241 g/mol. The van der Waals surface area contributed by atoms with Gasteiger partial charge in [-0.15, -0.1) is 0 Å². The summed E-state index contributed by atoms with van der Waals surface area (Å²) in [6.45, 7) is 3.45. The minimum absolute atomic E-state index is 0.209. The van der Waals surface area contributed by atoms with Gasteiger partial charge in [-0.2, -0.15) is 0 Å². The Balaban J connectivity index is 2.19. The second kappa shape index (κ2) is 6.18. The number of hydrogen-bond acceptors (Lipinski definition) is 3. The first kappa shape index (κ1) is 13.3. The minimum atomic E-state index is -0.209. The molecule has 2 aromatic rings. The molecule has 2 rings (SSSR count). The fourth-order valence-corrected chi connectivity index (χ4v) is 1.99. The van der Waals surface area contributed by atoms with Gasteiger partial charge in [0.05, 0.1) is 5.69 Å². The quantitative estimate of drug-likeness (QED) is 0.893. The molecule has 0 fully saturated rings. The summed E-state index contributed by atoms with van der Waals surface area (Å²) in [5.74, 6) is 0.645. The van der Waals surface area contributed by atoms with E-state index < -0.39 is 0 Å². The first-order chi connectivity index (χ1) is 9.22. The van der Waals surface area contributed by atoms with E-state index in [-0.39, 0.29) is 5.82 Å². The second-order valence-corrected chi connectivity index (χ2v) is 4.35. The van der Waals surface area contributed by atoms with Gasteiger partial charge in [-0.05, 0) is 25.1 Å². The highest BCUT2D eigenvalue weighted by atomic mass is 19.1. The van der Waals surface area contributed by atoms with Crippen LogP contribution >= 0.6 is 0 Å². The predicted molar refractivity (Wildman–Crippen MR) is 76.9 cm³/mol. The van der Waals surface area contributed by atoms with Crippen molar-refractivity contribution in [2.45, 2.75) is 13.5 Å². The highest BCUT2D eigenvalue weighted by molar-refractivity contribution is 5.51. The van der Waals surface area contributed by atoms with Crippen LogP contribution in [0.1, 0.15) is 12.5 Å². The number of rotatable bonds is 5. The fourth-order valence-electron chi connectivity index (χ4n) is 1.99. The van der Waals surface area contributed by atoms with E-state index >= 15 is 0 Å². The third-order valence-corrected chi connectivity index (χ3v) is 2.91. The van der Waals surface area contributed by atoms with Crippen molar-refractivity contribution in [1.82, 2.24) is 4.98 Å². The average Bonchev–Trinajstić information content (AvgIpc) is 2.41. The lowest BCUT2D eigenvalue weighted by molar-refractivity contribution is 0.622. The van der Waals surface area contributed by atoms with E-state index in [1.165, 1.54) is 6.07 Å². The number of para-hydroxylation sites is 1. The van der Waals surface area contributed by atoms with Crippen LogP contribution in [0, 0.1) is 5.82 Å². The van der Waals surface area contributed by atoms with Gasteiger partial charge in [-0.3, -0.25) is 0 Å². The number of benzene rings is 1. The molecule has 3 nitrogen and oxygen atoms in total. The van der Waals surface area contributed by atoms with Crippen LogP contribution in [0.2, 0.25) is 0 Å². The molecule has 0 amide bonds. The zero-order valence-electron chi connectivity index (χ0n) is 11.2. The van der Waals surface area contributed by atoms with Gasteiger partial charge in [0.25, 0.3) is 0 Å². The molecule has 0 unspecified atom stereocenters. The molecule has 0 aliphatic rings. The van der Waals surface area contributed by atoms with E-state index in [1.54, 1.807) is 18.3 Å². The Morgan fingerprint density at radius 2 is 2.00 bits per heavy atom. The van der Waals surface area contributed by atoms with Crippen molar-refractivity contribution in [2.75, 3.05) is 23.8 Å². The van der Waals surface area contributed by atoms with Crippen LogP contribution in [-0.4, -0.2) is 18.6 Å². The van der Waals surface area contributed by atoms with Crippen molar-refractivity contribution >= 4 is 11.5 Å². The van der Waals surface area contributed by atoms with Crippen molar-refractivity contribution in [3.8, 4) is 0 Å². The number of halogens is 1. The summed E-state index contributed by atoms with van der Waals surface area (Å²) >= 11 is 0. The third kappa shape index (κ3) is 3.22. The van der Waals surface area contributed by atoms with Crippen LogP contribution in [0.15, 0.2) is 42.6 Å². The summed E-state index contributed by atoms with van der Waals surface area (Å²) in [5, 5.41) is 3.22. The monoisotopic (exact) mass is 259 g/mol. The maximum Gasteiger partial charge on any atom is 0.146 e. The lowest BCUT2D eigenvalue weighted by Gasteiger charge is -2.21. The van der Waals surface area contributed by atoms with Crippen molar-refractivity contribution in [2.24, 2.45) is 0 Å². The molecular formula is C15H18FN3. The summed E-state index contributed by atoms with van der Waals surface area (Å²) < 4.78 is 13.7. The molecule has 0 spiro atoms. The van der Waals surface area contributed by atoms with Gasteiger partial charge in [-0.1, -0.05) is 18.2 Å². The molecule has 0 saturated heterocycles. The Hall–Kier alpha value is -2.10. The maximum absolute atomic E-state index is 13.7. The highest BCUT2D eigenvalue weighted by Gasteiger charge is 2.09. The molecule has 0 bridgehead atoms. The van der Waals surface area contributed by atoms with E-state index in [0.29, 0.717) is 12.2 Å². The molecule has 1 heterocycles. The molecule has 100 valence electrons. The number of pyridine rings is 1. The number of hydrogen-bond donors (Lipinski definition) is 1. The van der Waals surface area contributed by atoms with E-state index in [0.717, 1.165) is 17.9 Å². The molecule has 0 atom stereocenters. The minimum Gasteiger partial charge on any atom is -0.370 e. The van der Waals surface area contributed by atoms with E-state index in [1.807, 2.05) is 37.1 Å². The summed E-state index contributed by atoms with van der Waals surface area (Å²) in [7, 11) is 1.88. The predicted octanol–water partition coefficient (Wildman–Crippen LogP) is 3.29. The summed E-state index contributed by atoms with van der Waals surface area (Å²) in [5.41, 5.74) is 1.64. The van der Waals surface area contributed by atoms with Gasteiger partial charge in [0, 0.05) is 31.9 Å². The molecule has 1 aromatic heterocycles. The van der Waals surface area contributed by atoms with E-state index in [9.17, 15) is 4.39 Å². The SMILES string of the molecule is CCNc1ncccc1CN(C)c1ccccc1F. The topological polar surface area (TPSA) is 28.2 Å². The Morgan fingerprint density at radius 1 is 1.21 bits per heavy atom. The van der Waals surface area contributed by atoms with Crippen LogP contribution in [-0.2, 0) is 6.54 Å². The smallest absolute Gasteiger partial charge is 0.146 e. The fraction of sp³-hybridized carbons (Fsp3) is 0.267. The Kier molecular flexibility index (Phi) is 4.34. The number of nitrogens with one attached hydrogen (secondary N) is 1. The molecule has 4 heteroatoms. The van der Waals surface area contributed by atoms with Crippen LogP contribution in [0.4, 0.5) is 15.9 Å². The van der Waals surface area contributed by atoms with Crippen molar-refractivity contribution in [3.63, 3.8) is 0 Å². The summed E-state index contributed by atoms with van der Waals surface area (Å²) in [4.78, 5) is 6.19. The number of aromatic nitrogens is 1. The Morgan fingerprint density at radius 3 is 2.74 bits per heavy atom. The molecule has 0 aliphatic carbocycles. The Labute approximate surface area is 113 Å². The zero-order valence-corrected chi connectivity index (χ0v) is 11.2. The standard InChI is InChI=1S/C15H18FN3/c1-3-17-15-12(7-6-10-18-15)11-19(2)14-9-5-4-8-13(14)16/h4-10H,3,11H2,1-2H3,(H,17,18). The van der Waals surface area contributed by atoms with Crippen molar-refractivity contribution < 1.29 is 4.39 Å². The molecule has 1 aromatic carbocycles. The zero-order chi connectivity index (χ0) is 13.7. The second-order valence-electron chi connectivity index (χ2n) is 4.35. The van der Waals surface area contributed by atoms with Crippen molar-refractivity contribution in [3.05, 3.63) is 54.0 Å².